The van der Waals surface area contributed by atoms with Crippen molar-refractivity contribution in [1.82, 2.24) is 0 Å². The van der Waals surface area contributed by atoms with E-state index in [1.807, 2.05) is 29.7 Å². The second kappa shape index (κ2) is 7.24. The zero-order valence-electron chi connectivity index (χ0n) is 13.7. The standard InChI is InChI=1S/C19H13F3N2O2S/c20-19(21,22)18(25)26-16-14-7-4-11(3-6-13-2-1-9-27-13)10-12(14)5-8-15(16)17(23)24/h1-10H,(H3,23,24)/b6-3+. The summed E-state index contributed by atoms with van der Waals surface area (Å²) in [6.45, 7) is 0. The molecule has 0 atom stereocenters. The number of carbonyl (C=O) groups excluding carboxylic acids is 1. The van der Waals surface area contributed by atoms with E-state index in [1.165, 1.54) is 12.1 Å². The lowest BCUT2D eigenvalue weighted by Crippen LogP contribution is -2.29. The van der Waals surface area contributed by atoms with Gasteiger partial charge in [-0.05, 0) is 40.6 Å². The fourth-order valence-corrected chi connectivity index (χ4v) is 3.08. The molecule has 138 valence electrons. The minimum Gasteiger partial charge on any atom is -0.418 e. The largest absolute Gasteiger partial charge is 0.491 e. The molecule has 0 bridgehead atoms. The summed E-state index contributed by atoms with van der Waals surface area (Å²) < 4.78 is 42.3. The lowest BCUT2D eigenvalue weighted by atomic mass is 10.0. The number of nitrogens with two attached hydrogens (primary N) is 1. The summed E-state index contributed by atoms with van der Waals surface area (Å²) in [7, 11) is 0. The fourth-order valence-electron chi connectivity index (χ4n) is 2.46. The molecule has 1 heterocycles. The quantitative estimate of drug-likeness (QED) is 0.290. The van der Waals surface area contributed by atoms with E-state index in [-0.39, 0.29) is 16.7 Å². The van der Waals surface area contributed by atoms with Crippen molar-refractivity contribution in [1.29, 1.82) is 5.41 Å². The molecular formula is C19H13F3N2O2S. The molecule has 0 aliphatic heterocycles. The number of hydrogen-bond acceptors (Lipinski definition) is 4. The Balaban J connectivity index is 2.04. The van der Waals surface area contributed by atoms with Gasteiger partial charge in [-0.3, -0.25) is 5.41 Å². The lowest BCUT2D eigenvalue weighted by Gasteiger charge is -2.14. The molecular weight excluding hydrogens is 377 g/mol. The predicted octanol–water partition coefficient (Wildman–Crippen LogP) is 4.82. The number of amidine groups is 1. The topological polar surface area (TPSA) is 76.2 Å². The molecule has 27 heavy (non-hydrogen) atoms. The SMILES string of the molecule is N=C(N)c1ccc2cc(/C=C/c3cccs3)ccc2c1OC(=O)C(F)(F)F. The molecule has 0 amide bonds. The smallest absolute Gasteiger partial charge is 0.418 e. The molecule has 0 aliphatic rings. The summed E-state index contributed by atoms with van der Waals surface area (Å²) in [6.07, 6.45) is -1.37. The van der Waals surface area contributed by atoms with Gasteiger partial charge in [0.2, 0.25) is 0 Å². The molecule has 3 aromatic rings. The summed E-state index contributed by atoms with van der Waals surface area (Å²) in [5.74, 6) is -3.24. The van der Waals surface area contributed by atoms with E-state index in [1.54, 1.807) is 29.5 Å². The molecule has 0 aliphatic carbocycles. The Hall–Kier alpha value is -3.13. The summed E-state index contributed by atoms with van der Waals surface area (Å²) >= 11 is 1.57. The third-order valence-electron chi connectivity index (χ3n) is 3.69. The third kappa shape index (κ3) is 4.17. The molecule has 3 rings (SSSR count). The number of thiophene rings is 1. The van der Waals surface area contributed by atoms with E-state index in [9.17, 15) is 18.0 Å². The van der Waals surface area contributed by atoms with Crippen LogP contribution < -0.4 is 10.5 Å². The molecule has 0 unspecified atom stereocenters. The van der Waals surface area contributed by atoms with Crippen LogP contribution in [0.4, 0.5) is 13.2 Å². The van der Waals surface area contributed by atoms with Crippen LogP contribution in [0.25, 0.3) is 22.9 Å². The van der Waals surface area contributed by atoms with Gasteiger partial charge < -0.3 is 10.5 Å². The van der Waals surface area contributed by atoms with Gasteiger partial charge in [0, 0.05) is 10.3 Å². The number of alkyl halides is 3. The zero-order valence-corrected chi connectivity index (χ0v) is 14.5. The molecule has 2 aromatic carbocycles. The second-order valence-electron chi connectivity index (χ2n) is 5.57. The molecule has 4 nitrogen and oxygen atoms in total. The molecule has 0 radical (unpaired) electrons. The highest BCUT2D eigenvalue weighted by atomic mass is 32.1. The number of benzene rings is 2. The number of ether oxygens (including phenoxy) is 1. The van der Waals surface area contributed by atoms with Crippen LogP contribution in [0.3, 0.4) is 0 Å². The lowest BCUT2D eigenvalue weighted by molar-refractivity contribution is -0.189. The van der Waals surface area contributed by atoms with E-state index in [0.717, 1.165) is 10.4 Å². The number of nitrogen functional groups attached to an aromatic ring is 1. The average Bonchev–Trinajstić information content (AvgIpc) is 3.12. The highest BCUT2D eigenvalue weighted by Gasteiger charge is 2.42. The Labute approximate surface area is 156 Å². The van der Waals surface area contributed by atoms with Crippen LogP contribution in [0.15, 0.2) is 47.8 Å². The molecule has 0 saturated heterocycles. The molecule has 3 N–H and O–H groups in total. The van der Waals surface area contributed by atoms with Crippen molar-refractivity contribution in [3.05, 3.63) is 63.8 Å². The maximum Gasteiger partial charge on any atom is 0.491 e. The Morgan fingerprint density at radius 1 is 1.15 bits per heavy atom. The van der Waals surface area contributed by atoms with Gasteiger partial charge >= 0.3 is 12.1 Å². The van der Waals surface area contributed by atoms with Crippen molar-refractivity contribution < 1.29 is 22.7 Å². The van der Waals surface area contributed by atoms with E-state index < -0.39 is 18.0 Å². The summed E-state index contributed by atoms with van der Waals surface area (Å²) in [6, 6.07) is 11.8. The fraction of sp³-hybridized carbons (Fsp3) is 0.0526. The molecule has 1 aromatic heterocycles. The van der Waals surface area contributed by atoms with Crippen LogP contribution in [0.1, 0.15) is 16.0 Å². The van der Waals surface area contributed by atoms with Gasteiger partial charge in [0.1, 0.15) is 11.6 Å². The maximum atomic E-state index is 12.6. The van der Waals surface area contributed by atoms with Gasteiger partial charge in [-0.15, -0.1) is 11.3 Å². The zero-order chi connectivity index (χ0) is 19.6. The van der Waals surface area contributed by atoms with Crippen LogP contribution in [0, 0.1) is 5.41 Å². The Morgan fingerprint density at radius 3 is 2.56 bits per heavy atom. The van der Waals surface area contributed by atoms with Crippen molar-refractivity contribution in [3.63, 3.8) is 0 Å². The highest BCUT2D eigenvalue weighted by Crippen LogP contribution is 2.33. The van der Waals surface area contributed by atoms with Crippen LogP contribution >= 0.6 is 11.3 Å². The maximum absolute atomic E-state index is 12.6. The van der Waals surface area contributed by atoms with Gasteiger partial charge in [-0.25, -0.2) is 4.79 Å². The van der Waals surface area contributed by atoms with Gasteiger partial charge in [0.25, 0.3) is 0 Å². The first-order valence-electron chi connectivity index (χ1n) is 7.67. The Morgan fingerprint density at radius 2 is 1.93 bits per heavy atom. The first kappa shape index (κ1) is 18.7. The van der Waals surface area contributed by atoms with E-state index in [0.29, 0.717) is 5.39 Å². The van der Waals surface area contributed by atoms with Gasteiger partial charge in [-0.1, -0.05) is 30.3 Å². The third-order valence-corrected chi connectivity index (χ3v) is 4.53. The van der Waals surface area contributed by atoms with Gasteiger partial charge in [0.05, 0.1) is 5.56 Å². The van der Waals surface area contributed by atoms with Crippen LogP contribution in [0.2, 0.25) is 0 Å². The van der Waals surface area contributed by atoms with E-state index >= 15 is 0 Å². The Kier molecular flexibility index (Phi) is 5.00. The summed E-state index contributed by atoms with van der Waals surface area (Å²) in [5, 5.41) is 10.3. The molecule has 0 spiro atoms. The number of fused-ring (bicyclic) bond motifs is 1. The van der Waals surface area contributed by atoms with Crippen molar-refractivity contribution in [2.24, 2.45) is 5.73 Å². The van der Waals surface area contributed by atoms with E-state index in [4.69, 9.17) is 11.1 Å². The monoisotopic (exact) mass is 390 g/mol. The highest BCUT2D eigenvalue weighted by molar-refractivity contribution is 7.10. The van der Waals surface area contributed by atoms with Crippen molar-refractivity contribution in [2.75, 3.05) is 0 Å². The number of carbonyl (C=O) groups is 1. The second-order valence-corrected chi connectivity index (χ2v) is 6.55. The number of esters is 1. The predicted molar refractivity (Wildman–Crippen MR) is 99.9 cm³/mol. The normalized spacial score (nSPS) is 11.8. The van der Waals surface area contributed by atoms with Crippen molar-refractivity contribution >= 4 is 46.1 Å². The van der Waals surface area contributed by atoms with Crippen molar-refractivity contribution in [2.45, 2.75) is 6.18 Å². The van der Waals surface area contributed by atoms with Crippen LogP contribution in [-0.2, 0) is 4.79 Å². The minimum absolute atomic E-state index is 0.0815. The molecule has 8 heteroatoms. The number of halogens is 3. The van der Waals surface area contributed by atoms with Crippen LogP contribution in [0.5, 0.6) is 5.75 Å². The van der Waals surface area contributed by atoms with Crippen LogP contribution in [-0.4, -0.2) is 18.0 Å². The number of hydrogen-bond donors (Lipinski definition) is 2. The molecule has 0 saturated carbocycles. The van der Waals surface area contributed by atoms with E-state index in [2.05, 4.69) is 4.74 Å². The number of rotatable bonds is 4. The molecule has 0 fully saturated rings. The van der Waals surface area contributed by atoms with Gasteiger partial charge in [0.15, 0.2) is 0 Å². The van der Waals surface area contributed by atoms with Gasteiger partial charge in [-0.2, -0.15) is 13.2 Å². The Bertz CT molecular complexity index is 1040. The first-order valence-corrected chi connectivity index (χ1v) is 8.55. The minimum atomic E-state index is -5.15. The first-order chi connectivity index (χ1) is 12.8. The number of nitrogens with one attached hydrogen (secondary N) is 1. The summed E-state index contributed by atoms with van der Waals surface area (Å²) in [5.41, 5.74) is 6.16. The van der Waals surface area contributed by atoms with Crippen molar-refractivity contribution in [3.8, 4) is 5.75 Å². The average molecular weight is 390 g/mol. The summed E-state index contributed by atoms with van der Waals surface area (Å²) in [4.78, 5) is 12.3.